The summed E-state index contributed by atoms with van der Waals surface area (Å²) in [5.74, 6) is -1.84. The Morgan fingerprint density at radius 2 is 1.81 bits per heavy atom. The third kappa shape index (κ3) is 6.04. The number of halogens is 1. The highest BCUT2D eigenvalue weighted by Crippen LogP contribution is 2.16. The molecule has 0 radical (unpaired) electrons. The normalized spacial score (nSPS) is 13.7. The maximum Gasteiger partial charge on any atom is 0.306 e. The van der Waals surface area contributed by atoms with Gasteiger partial charge in [0.05, 0.1) is 18.6 Å². The molecule has 0 aromatic heterocycles. The van der Waals surface area contributed by atoms with E-state index in [1.165, 1.54) is 6.92 Å². The van der Waals surface area contributed by atoms with Crippen LogP contribution in [0.15, 0.2) is 24.3 Å². The van der Waals surface area contributed by atoms with Crippen LogP contribution in [0, 0.1) is 5.92 Å². The van der Waals surface area contributed by atoms with Crippen LogP contribution in [0.3, 0.4) is 0 Å². The average Bonchev–Trinajstić information content (AvgIpc) is 2.45. The smallest absolute Gasteiger partial charge is 0.306 e. The second-order valence-corrected chi connectivity index (χ2v) is 5.30. The molecule has 0 bridgehead atoms. The summed E-state index contributed by atoms with van der Waals surface area (Å²) in [4.78, 5) is 22.4. The molecule has 1 aromatic rings. The van der Waals surface area contributed by atoms with Crippen LogP contribution in [0.1, 0.15) is 30.9 Å². The molecule has 21 heavy (non-hydrogen) atoms. The van der Waals surface area contributed by atoms with Gasteiger partial charge in [-0.1, -0.05) is 24.3 Å². The number of Topliss-reactive ketones (excluding diaryl/α,β-unsaturated/α-hetero) is 1. The van der Waals surface area contributed by atoms with Crippen LogP contribution in [-0.2, 0) is 22.4 Å². The van der Waals surface area contributed by atoms with E-state index in [1.807, 2.05) is 24.3 Å². The molecule has 0 spiro atoms. The fourth-order valence-electron chi connectivity index (χ4n) is 2.14. The van der Waals surface area contributed by atoms with Gasteiger partial charge in [-0.05, 0) is 43.7 Å². The van der Waals surface area contributed by atoms with Crippen LogP contribution in [0.5, 0.6) is 0 Å². The van der Waals surface area contributed by atoms with E-state index in [-0.39, 0.29) is 18.9 Å². The Balaban J connectivity index is 2.66. The van der Waals surface area contributed by atoms with E-state index in [4.69, 9.17) is 5.73 Å². The van der Waals surface area contributed by atoms with Crippen LogP contribution >= 0.6 is 0 Å². The van der Waals surface area contributed by atoms with Crippen molar-refractivity contribution in [1.29, 1.82) is 0 Å². The number of carbonyl (C=O) groups is 2. The first-order chi connectivity index (χ1) is 9.93. The molecule has 2 atom stereocenters. The molecule has 0 saturated carbocycles. The first-order valence-electron chi connectivity index (χ1n) is 7.06. The first-order valence-corrected chi connectivity index (χ1v) is 7.06. The summed E-state index contributed by atoms with van der Waals surface area (Å²) in [6.07, 6.45) is 1.63. The zero-order valence-corrected chi connectivity index (χ0v) is 12.2. The van der Waals surface area contributed by atoms with Gasteiger partial charge in [-0.2, -0.15) is 0 Å². The number of carbonyl (C=O) groups excluding carboxylic acids is 1. The Labute approximate surface area is 124 Å². The predicted molar refractivity (Wildman–Crippen MR) is 78.8 cm³/mol. The SMILES string of the molecule is CC(=O)C(N)CC(Cc1ccc(CCCF)cc1)C(=O)O. The molecule has 0 aliphatic heterocycles. The van der Waals surface area contributed by atoms with Gasteiger partial charge in [0.2, 0.25) is 0 Å². The van der Waals surface area contributed by atoms with Gasteiger partial charge in [0.15, 0.2) is 0 Å². The van der Waals surface area contributed by atoms with Gasteiger partial charge in [-0.25, -0.2) is 0 Å². The molecule has 3 N–H and O–H groups in total. The quantitative estimate of drug-likeness (QED) is 0.731. The van der Waals surface area contributed by atoms with Crippen molar-refractivity contribution in [3.63, 3.8) is 0 Å². The highest BCUT2D eigenvalue weighted by Gasteiger charge is 2.23. The van der Waals surface area contributed by atoms with Gasteiger partial charge in [0.25, 0.3) is 0 Å². The van der Waals surface area contributed by atoms with Gasteiger partial charge in [0.1, 0.15) is 5.78 Å². The molecule has 5 heteroatoms. The van der Waals surface area contributed by atoms with E-state index in [2.05, 4.69) is 0 Å². The molecule has 4 nitrogen and oxygen atoms in total. The molecular weight excluding hydrogens is 273 g/mol. The summed E-state index contributed by atoms with van der Waals surface area (Å²) in [6.45, 7) is 1.02. The number of carboxylic acids is 1. The molecule has 0 aliphatic carbocycles. The second-order valence-electron chi connectivity index (χ2n) is 5.30. The Morgan fingerprint density at radius 1 is 1.24 bits per heavy atom. The maximum absolute atomic E-state index is 12.1. The molecular formula is C16H22FNO3. The molecule has 0 amide bonds. The Bertz CT molecular complexity index is 473. The number of hydrogen-bond acceptors (Lipinski definition) is 3. The van der Waals surface area contributed by atoms with E-state index in [9.17, 15) is 19.1 Å². The Morgan fingerprint density at radius 3 is 2.29 bits per heavy atom. The van der Waals surface area contributed by atoms with E-state index in [0.717, 1.165) is 11.1 Å². The van der Waals surface area contributed by atoms with Crippen molar-refractivity contribution in [3.05, 3.63) is 35.4 Å². The summed E-state index contributed by atoms with van der Waals surface area (Å²) in [7, 11) is 0. The molecule has 0 heterocycles. The monoisotopic (exact) mass is 295 g/mol. The van der Waals surface area contributed by atoms with Crippen molar-refractivity contribution >= 4 is 11.8 Å². The second kappa shape index (κ2) is 8.52. The minimum Gasteiger partial charge on any atom is -0.481 e. The summed E-state index contributed by atoms with van der Waals surface area (Å²) in [5.41, 5.74) is 7.55. The number of hydrogen-bond donors (Lipinski definition) is 2. The van der Waals surface area contributed by atoms with E-state index in [0.29, 0.717) is 19.3 Å². The molecule has 0 saturated heterocycles. The van der Waals surface area contributed by atoms with Crippen LogP contribution in [0.4, 0.5) is 4.39 Å². The minimum absolute atomic E-state index is 0.133. The van der Waals surface area contributed by atoms with Gasteiger partial charge in [-0.3, -0.25) is 14.0 Å². The van der Waals surface area contributed by atoms with Crippen LogP contribution in [-0.4, -0.2) is 29.6 Å². The van der Waals surface area contributed by atoms with Gasteiger partial charge in [-0.15, -0.1) is 0 Å². The lowest BCUT2D eigenvalue weighted by molar-refractivity contribution is -0.142. The van der Waals surface area contributed by atoms with E-state index >= 15 is 0 Å². The Hall–Kier alpha value is -1.75. The van der Waals surface area contributed by atoms with Crippen LogP contribution < -0.4 is 5.73 Å². The van der Waals surface area contributed by atoms with Crippen molar-refractivity contribution < 1.29 is 19.1 Å². The number of aryl methyl sites for hydroxylation is 1. The van der Waals surface area contributed by atoms with Crippen molar-refractivity contribution in [3.8, 4) is 0 Å². The van der Waals surface area contributed by atoms with Crippen molar-refractivity contribution in [2.75, 3.05) is 6.67 Å². The molecule has 0 aliphatic rings. The fraction of sp³-hybridized carbons (Fsp3) is 0.500. The predicted octanol–water partition coefficient (Wildman–Crippen LogP) is 2.14. The van der Waals surface area contributed by atoms with Crippen molar-refractivity contribution in [2.24, 2.45) is 11.7 Å². The number of aliphatic carboxylic acids is 1. The largest absolute Gasteiger partial charge is 0.481 e. The maximum atomic E-state index is 12.1. The molecule has 1 rings (SSSR count). The Kier molecular flexibility index (Phi) is 7.02. The third-order valence-corrected chi connectivity index (χ3v) is 3.51. The molecule has 1 aromatic carbocycles. The molecule has 2 unspecified atom stereocenters. The summed E-state index contributed by atoms with van der Waals surface area (Å²) < 4.78 is 12.1. The minimum atomic E-state index is -0.951. The average molecular weight is 295 g/mol. The first kappa shape index (κ1) is 17.3. The summed E-state index contributed by atoms with van der Waals surface area (Å²) in [5, 5.41) is 9.23. The highest BCUT2D eigenvalue weighted by atomic mass is 19.1. The number of carboxylic acid groups (broad SMARTS) is 1. The lowest BCUT2D eigenvalue weighted by Gasteiger charge is -2.16. The summed E-state index contributed by atoms with van der Waals surface area (Å²) in [6, 6.07) is 6.73. The fourth-order valence-corrected chi connectivity index (χ4v) is 2.14. The number of rotatable bonds is 9. The van der Waals surface area contributed by atoms with Crippen LogP contribution in [0.25, 0.3) is 0 Å². The summed E-state index contributed by atoms with van der Waals surface area (Å²) >= 11 is 0. The zero-order chi connectivity index (χ0) is 15.8. The molecule has 0 fully saturated rings. The van der Waals surface area contributed by atoms with Crippen molar-refractivity contribution in [2.45, 2.75) is 38.6 Å². The number of nitrogens with two attached hydrogens (primary N) is 1. The number of alkyl halides is 1. The molecule has 116 valence electrons. The number of ketones is 1. The van der Waals surface area contributed by atoms with Gasteiger partial charge >= 0.3 is 5.97 Å². The van der Waals surface area contributed by atoms with Crippen molar-refractivity contribution in [1.82, 2.24) is 0 Å². The zero-order valence-electron chi connectivity index (χ0n) is 12.2. The van der Waals surface area contributed by atoms with E-state index in [1.54, 1.807) is 0 Å². The standard InChI is InChI=1S/C16H22FNO3/c1-11(19)15(18)10-14(16(20)21)9-13-6-4-12(5-7-13)3-2-8-17/h4-7,14-15H,2-3,8-10,18H2,1H3,(H,20,21). The highest BCUT2D eigenvalue weighted by molar-refractivity contribution is 5.82. The van der Waals surface area contributed by atoms with Gasteiger partial charge in [0, 0.05) is 0 Å². The topological polar surface area (TPSA) is 80.4 Å². The lowest BCUT2D eigenvalue weighted by atomic mass is 9.91. The third-order valence-electron chi connectivity index (χ3n) is 3.51. The van der Waals surface area contributed by atoms with E-state index < -0.39 is 17.9 Å². The number of benzene rings is 1. The van der Waals surface area contributed by atoms with Gasteiger partial charge < -0.3 is 10.8 Å². The van der Waals surface area contributed by atoms with Crippen LogP contribution in [0.2, 0.25) is 0 Å². The lowest BCUT2D eigenvalue weighted by Crippen LogP contribution is -2.33.